The lowest BCUT2D eigenvalue weighted by Crippen LogP contribution is -2.43. The van der Waals surface area contributed by atoms with Crippen LogP contribution in [0, 0.1) is 0 Å². The van der Waals surface area contributed by atoms with Gasteiger partial charge < -0.3 is 15.4 Å². The zero-order valence-electron chi connectivity index (χ0n) is 14.8. The van der Waals surface area contributed by atoms with E-state index >= 15 is 0 Å². The molecule has 2 N–H and O–H groups in total. The van der Waals surface area contributed by atoms with Gasteiger partial charge in [0.05, 0.1) is 0 Å². The van der Waals surface area contributed by atoms with Crippen LogP contribution in [-0.4, -0.2) is 24.3 Å². The molecule has 0 bridgehead atoms. The van der Waals surface area contributed by atoms with E-state index in [1.54, 1.807) is 0 Å². The second-order valence-corrected chi connectivity index (χ2v) is 7.36. The van der Waals surface area contributed by atoms with Gasteiger partial charge in [0.25, 0.3) is 0 Å². The molecule has 0 saturated heterocycles. The molecule has 1 aromatic rings. The summed E-state index contributed by atoms with van der Waals surface area (Å²) < 4.78 is 5.32. The fraction of sp³-hybridized carbons (Fsp3) is 0.632. The van der Waals surface area contributed by atoms with Gasteiger partial charge in [0.2, 0.25) is 0 Å². The average molecular weight is 318 g/mol. The van der Waals surface area contributed by atoms with Gasteiger partial charge in [-0.25, -0.2) is 4.79 Å². The molecule has 128 valence electrons. The van der Waals surface area contributed by atoms with Crippen molar-refractivity contribution in [3.05, 3.63) is 35.4 Å². The highest BCUT2D eigenvalue weighted by atomic mass is 16.6. The van der Waals surface area contributed by atoms with E-state index in [-0.39, 0.29) is 12.1 Å². The maximum Gasteiger partial charge on any atom is 0.407 e. The molecule has 4 nitrogen and oxygen atoms in total. The monoisotopic (exact) mass is 318 g/mol. The minimum atomic E-state index is -0.459. The summed E-state index contributed by atoms with van der Waals surface area (Å²) in [4.78, 5) is 11.9. The topological polar surface area (TPSA) is 50.4 Å². The van der Waals surface area contributed by atoms with Crippen LogP contribution in [0.5, 0.6) is 0 Å². The van der Waals surface area contributed by atoms with Gasteiger partial charge in [-0.1, -0.05) is 31.2 Å². The van der Waals surface area contributed by atoms with Crippen LogP contribution in [0.4, 0.5) is 4.79 Å². The van der Waals surface area contributed by atoms with Crippen molar-refractivity contribution in [3.63, 3.8) is 0 Å². The number of benzene rings is 1. The lowest BCUT2D eigenvalue weighted by molar-refractivity contribution is 0.0502. The molecule has 1 aromatic carbocycles. The first-order valence-electron chi connectivity index (χ1n) is 8.67. The fourth-order valence-electron chi connectivity index (χ4n) is 2.64. The Hall–Kier alpha value is -1.55. The Morgan fingerprint density at radius 3 is 2.61 bits per heavy atom. The van der Waals surface area contributed by atoms with E-state index in [1.807, 2.05) is 20.8 Å². The van der Waals surface area contributed by atoms with Gasteiger partial charge in [0.1, 0.15) is 5.60 Å². The lowest BCUT2D eigenvalue weighted by atomic mass is 10.0. The number of hydrogen-bond acceptors (Lipinski definition) is 3. The molecule has 1 aliphatic rings. The van der Waals surface area contributed by atoms with Crippen LogP contribution in [0.1, 0.15) is 64.0 Å². The number of carbonyl (C=O) groups is 1. The number of nitrogens with one attached hydrogen (secondary N) is 2. The third-order valence-electron chi connectivity index (χ3n) is 3.99. The molecule has 1 atom stereocenters. The molecular formula is C19H30N2O2. The molecular weight excluding hydrogens is 288 g/mol. The van der Waals surface area contributed by atoms with Crippen molar-refractivity contribution in [1.82, 2.24) is 10.6 Å². The quantitative estimate of drug-likeness (QED) is 0.800. The van der Waals surface area contributed by atoms with Crippen LogP contribution < -0.4 is 10.6 Å². The number of hydrogen-bond donors (Lipinski definition) is 2. The highest BCUT2D eigenvalue weighted by Gasteiger charge is 2.25. The summed E-state index contributed by atoms with van der Waals surface area (Å²) in [5.74, 6) is 0.759. The Labute approximate surface area is 140 Å². The van der Waals surface area contributed by atoms with E-state index in [2.05, 4.69) is 41.8 Å². The summed E-state index contributed by atoms with van der Waals surface area (Å²) in [5.41, 5.74) is 2.40. The van der Waals surface area contributed by atoms with E-state index < -0.39 is 5.60 Å². The van der Waals surface area contributed by atoms with Crippen LogP contribution in [0.25, 0.3) is 0 Å². The van der Waals surface area contributed by atoms with Crippen molar-refractivity contribution in [3.8, 4) is 0 Å². The smallest absolute Gasteiger partial charge is 0.407 e. The van der Waals surface area contributed by atoms with Crippen molar-refractivity contribution >= 4 is 6.09 Å². The Kier molecular flexibility index (Phi) is 6.05. The van der Waals surface area contributed by atoms with Crippen LogP contribution >= 0.6 is 0 Å². The molecule has 1 amide bonds. The molecule has 1 saturated carbocycles. The van der Waals surface area contributed by atoms with Crippen molar-refractivity contribution in [2.75, 3.05) is 6.54 Å². The van der Waals surface area contributed by atoms with Gasteiger partial charge in [-0.3, -0.25) is 0 Å². The van der Waals surface area contributed by atoms with E-state index in [1.165, 1.54) is 24.0 Å². The Morgan fingerprint density at radius 1 is 1.30 bits per heavy atom. The predicted octanol–water partition coefficient (Wildman–Crippen LogP) is 3.96. The zero-order chi connectivity index (χ0) is 16.9. The summed E-state index contributed by atoms with van der Waals surface area (Å²) in [7, 11) is 0. The average Bonchev–Trinajstić information content (AvgIpc) is 3.29. The van der Waals surface area contributed by atoms with Crippen LogP contribution in [0.3, 0.4) is 0 Å². The fourth-order valence-corrected chi connectivity index (χ4v) is 2.64. The van der Waals surface area contributed by atoms with Crippen molar-refractivity contribution in [1.29, 1.82) is 0 Å². The maximum absolute atomic E-state index is 11.9. The lowest BCUT2D eigenvalue weighted by Gasteiger charge is -2.23. The standard InChI is InChI=1S/C19H30N2O2/c1-5-16(21-18(22)23-19(2,3)4)13-20-12-15-8-6-7-9-17(15)14-10-11-14/h6-9,14,16,20H,5,10-13H2,1-4H3,(H,21,22). The summed E-state index contributed by atoms with van der Waals surface area (Å²) in [6.07, 6.45) is 3.16. The van der Waals surface area contributed by atoms with Crippen LogP contribution in [0.15, 0.2) is 24.3 Å². The first-order chi connectivity index (χ1) is 10.9. The SMILES string of the molecule is CCC(CNCc1ccccc1C1CC1)NC(=O)OC(C)(C)C. The number of ether oxygens (including phenoxy) is 1. The number of alkyl carbamates (subject to hydrolysis) is 1. The summed E-state index contributed by atoms with van der Waals surface area (Å²) >= 11 is 0. The zero-order valence-corrected chi connectivity index (χ0v) is 14.8. The van der Waals surface area contributed by atoms with Crippen LogP contribution in [0.2, 0.25) is 0 Å². The second-order valence-electron chi connectivity index (χ2n) is 7.36. The molecule has 23 heavy (non-hydrogen) atoms. The van der Waals surface area contributed by atoms with Crippen molar-refractivity contribution in [2.24, 2.45) is 0 Å². The molecule has 1 unspecified atom stereocenters. The Morgan fingerprint density at radius 2 is 2.00 bits per heavy atom. The highest BCUT2D eigenvalue weighted by Crippen LogP contribution is 2.41. The van der Waals surface area contributed by atoms with Gasteiger partial charge in [-0.05, 0) is 57.1 Å². The molecule has 1 fully saturated rings. The Bertz CT molecular complexity index is 518. The summed E-state index contributed by atoms with van der Waals surface area (Å²) in [6, 6.07) is 8.74. The van der Waals surface area contributed by atoms with E-state index in [0.29, 0.717) is 0 Å². The summed E-state index contributed by atoms with van der Waals surface area (Å²) in [5, 5.41) is 6.41. The second kappa shape index (κ2) is 7.82. The van der Waals surface area contributed by atoms with E-state index in [9.17, 15) is 4.79 Å². The van der Waals surface area contributed by atoms with Gasteiger partial charge in [-0.15, -0.1) is 0 Å². The predicted molar refractivity (Wildman–Crippen MR) is 93.6 cm³/mol. The number of amides is 1. The normalized spacial score (nSPS) is 16.0. The van der Waals surface area contributed by atoms with Gasteiger partial charge in [-0.2, -0.15) is 0 Å². The molecule has 0 aliphatic heterocycles. The highest BCUT2D eigenvalue weighted by molar-refractivity contribution is 5.68. The van der Waals surface area contributed by atoms with Crippen molar-refractivity contribution < 1.29 is 9.53 Å². The minimum absolute atomic E-state index is 0.0814. The third-order valence-corrected chi connectivity index (χ3v) is 3.99. The molecule has 2 rings (SSSR count). The molecule has 0 spiro atoms. The third kappa shape index (κ3) is 6.22. The molecule has 0 radical (unpaired) electrons. The minimum Gasteiger partial charge on any atom is -0.444 e. The van der Waals surface area contributed by atoms with Crippen molar-refractivity contribution in [2.45, 2.75) is 71.1 Å². The van der Waals surface area contributed by atoms with Gasteiger partial charge >= 0.3 is 6.09 Å². The largest absolute Gasteiger partial charge is 0.444 e. The molecule has 1 aliphatic carbocycles. The summed E-state index contributed by atoms with van der Waals surface area (Å²) in [6.45, 7) is 9.29. The molecule has 0 heterocycles. The van der Waals surface area contributed by atoms with Gasteiger partial charge in [0, 0.05) is 19.1 Å². The van der Waals surface area contributed by atoms with E-state index in [0.717, 1.165) is 25.4 Å². The molecule has 4 heteroatoms. The molecule has 0 aromatic heterocycles. The first-order valence-corrected chi connectivity index (χ1v) is 8.67. The first kappa shape index (κ1) is 17.8. The van der Waals surface area contributed by atoms with E-state index in [4.69, 9.17) is 4.74 Å². The van der Waals surface area contributed by atoms with Crippen LogP contribution in [-0.2, 0) is 11.3 Å². The van der Waals surface area contributed by atoms with Gasteiger partial charge in [0.15, 0.2) is 0 Å². The number of carbonyl (C=O) groups excluding carboxylic acids is 1. The number of rotatable bonds is 7. The Balaban J connectivity index is 1.78. The maximum atomic E-state index is 11.9.